The lowest BCUT2D eigenvalue weighted by molar-refractivity contribution is -0.140. The van der Waals surface area contributed by atoms with Crippen molar-refractivity contribution in [2.24, 2.45) is 0 Å². The Balaban J connectivity index is 2.15. The first-order chi connectivity index (χ1) is 13.3. The molecule has 0 saturated carbocycles. The maximum Gasteiger partial charge on any atom is 0.326 e. The number of urea groups is 1. The monoisotopic (exact) mass is 398 g/mol. The molecule has 0 aromatic carbocycles. The van der Waals surface area contributed by atoms with E-state index in [0.717, 1.165) is 0 Å². The van der Waals surface area contributed by atoms with E-state index >= 15 is 0 Å². The predicted octanol–water partition coefficient (Wildman–Crippen LogP) is 0.133. The second-order valence-corrected chi connectivity index (χ2v) is 5.78. The van der Waals surface area contributed by atoms with E-state index in [2.05, 4.69) is 26.1 Å². The van der Waals surface area contributed by atoms with E-state index < -0.39 is 35.9 Å². The highest BCUT2D eigenvalue weighted by Crippen LogP contribution is 2.02. The van der Waals surface area contributed by atoms with Crippen LogP contribution in [-0.2, 0) is 9.59 Å². The van der Waals surface area contributed by atoms with E-state index in [0.29, 0.717) is 25.8 Å². The second kappa shape index (κ2) is 12.1. The van der Waals surface area contributed by atoms with Crippen LogP contribution in [0.5, 0.6) is 0 Å². The predicted molar refractivity (Wildman–Crippen MR) is 93.0 cm³/mol. The van der Waals surface area contributed by atoms with E-state index in [1.165, 1.54) is 12.3 Å². The molecule has 12 heteroatoms. The van der Waals surface area contributed by atoms with Gasteiger partial charge in [0.05, 0.1) is 11.8 Å². The van der Waals surface area contributed by atoms with Crippen LogP contribution in [0.15, 0.2) is 12.3 Å². The fourth-order valence-electron chi connectivity index (χ4n) is 2.14. The quantitative estimate of drug-likeness (QED) is 0.309. The van der Waals surface area contributed by atoms with E-state index in [1.54, 1.807) is 0 Å². The van der Waals surface area contributed by atoms with Gasteiger partial charge in [0.25, 0.3) is 5.91 Å². The van der Waals surface area contributed by atoms with Gasteiger partial charge in [-0.3, -0.25) is 9.59 Å². The zero-order valence-corrected chi connectivity index (χ0v) is 15.0. The van der Waals surface area contributed by atoms with Crippen LogP contribution in [0.1, 0.15) is 42.5 Å². The summed E-state index contributed by atoms with van der Waals surface area (Å²) in [4.78, 5) is 44.8. The summed E-state index contributed by atoms with van der Waals surface area (Å²) in [6.45, 7) is 0.580. The van der Waals surface area contributed by atoms with Crippen LogP contribution in [0.4, 0.5) is 9.18 Å². The zero-order chi connectivity index (χ0) is 20.9. The molecule has 0 fully saturated rings. The smallest absolute Gasteiger partial charge is 0.326 e. The van der Waals surface area contributed by atoms with Gasteiger partial charge < -0.3 is 26.2 Å². The van der Waals surface area contributed by atoms with Gasteiger partial charge in [0, 0.05) is 19.5 Å². The van der Waals surface area contributed by atoms with Gasteiger partial charge in [0.15, 0.2) is 0 Å². The fourth-order valence-corrected chi connectivity index (χ4v) is 2.14. The van der Waals surface area contributed by atoms with Crippen LogP contribution >= 0.6 is 0 Å². The van der Waals surface area contributed by atoms with Crippen molar-refractivity contribution in [3.63, 3.8) is 0 Å². The summed E-state index contributed by atoms with van der Waals surface area (Å²) in [5.74, 6) is -4.00. The molecule has 28 heavy (non-hydrogen) atoms. The molecule has 0 unspecified atom stereocenters. The van der Waals surface area contributed by atoms with Crippen LogP contribution in [0, 0.1) is 5.95 Å². The van der Waals surface area contributed by atoms with Crippen molar-refractivity contribution in [1.82, 2.24) is 26.1 Å². The number of aromatic nitrogens is 2. The maximum absolute atomic E-state index is 13.3. The standard InChI is InChI=1S/C16H22FN5O6/c17-13-10(6-9-20-22-13)14(25)18-7-2-1-3-8-19-16(28)21-11(15(26)27)4-5-12(23)24/h6,9,11H,1-5,7-8H2,(H,18,25)(H,23,24)(H,26,27)(H2,19,21,28)/t11-/m0/s1/i17-1. The normalized spacial score (nSPS) is 11.3. The van der Waals surface area contributed by atoms with Gasteiger partial charge >= 0.3 is 18.0 Å². The Morgan fingerprint density at radius 2 is 1.75 bits per heavy atom. The number of unbranched alkanes of at least 4 members (excludes halogenated alkanes) is 2. The lowest BCUT2D eigenvalue weighted by Crippen LogP contribution is -2.46. The molecule has 5 N–H and O–H groups in total. The molecule has 0 aliphatic rings. The van der Waals surface area contributed by atoms with Crippen molar-refractivity contribution in [2.75, 3.05) is 13.1 Å². The largest absolute Gasteiger partial charge is 0.481 e. The molecule has 0 saturated heterocycles. The number of nitrogens with zero attached hydrogens (tertiary/aromatic N) is 2. The highest BCUT2D eigenvalue weighted by molar-refractivity contribution is 5.93. The molecule has 11 nitrogen and oxygen atoms in total. The molecule has 1 aromatic rings. The van der Waals surface area contributed by atoms with Crippen LogP contribution in [-0.4, -0.2) is 63.4 Å². The van der Waals surface area contributed by atoms with Crippen molar-refractivity contribution in [1.29, 1.82) is 0 Å². The molecule has 154 valence electrons. The van der Waals surface area contributed by atoms with Gasteiger partial charge in [-0.2, -0.15) is 9.49 Å². The Kier molecular flexibility index (Phi) is 9.86. The van der Waals surface area contributed by atoms with E-state index in [9.17, 15) is 23.6 Å². The first-order valence-electron chi connectivity index (χ1n) is 8.55. The van der Waals surface area contributed by atoms with Crippen molar-refractivity contribution in [2.45, 2.75) is 38.1 Å². The molecule has 1 rings (SSSR count). The Morgan fingerprint density at radius 1 is 1.07 bits per heavy atom. The highest BCUT2D eigenvalue weighted by atomic mass is 18.2. The van der Waals surface area contributed by atoms with Gasteiger partial charge in [-0.15, -0.1) is 5.10 Å². The van der Waals surface area contributed by atoms with Crippen molar-refractivity contribution >= 4 is 23.9 Å². The third kappa shape index (κ3) is 8.87. The Hall–Kier alpha value is -3.31. The van der Waals surface area contributed by atoms with Gasteiger partial charge in [0.2, 0.25) is 5.95 Å². The molecule has 1 heterocycles. The molecule has 0 aliphatic heterocycles. The lowest BCUT2D eigenvalue weighted by atomic mass is 10.1. The van der Waals surface area contributed by atoms with Crippen molar-refractivity contribution < 1.29 is 33.8 Å². The zero-order valence-electron chi connectivity index (χ0n) is 15.0. The van der Waals surface area contributed by atoms with E-state index in [4.69, 9.17) is 10.2 Å². The van der Waals surface area contributed by atoms with E-state index in [-0.39, 0.29) is 24.9 Å². The summed E-state index contributed by atoms with van der Waals surface area (Å²) in [7, 11) is 0. The third-order valence-electron chi connectivity index (χ3n) is 3.60. The van der Waals surface area contributed by atoms with Crippen LogP contribution < -0.4 is 16.0 Å². The van der Waals surface area contributed by atoms with Crippen molar-refractivity contribution in [3.05, 3.63) is 23.8 Å². The Labute approximate surface area is 159 Å². The van der Waals surface area contributed by atoms with E-state index in [1.807, 2.05) is 0 Å². The number of amides is 3. The number of carboxylic acids is 2. The minimum Gasteiger partial charge on any atom is -0.481 e. The number of hydrogen-bond donors (Lipinski definition) is 5. The molecular weight excluding hydrogens is 376 g/mol. The number of carbonyl (C=O) groups excluding carboxylic acids is 2. The van der Waals surface area contributed by atoms with Crippen molar-refractivity contribution in [3.8, 4) is 0 Å². The van der Waals surface area contributed by atoms with Gasteiger partial charge in [-0.25, -0.2) is 9.59 Å². The minimum absolute atomic E-state index is 0.191. The molecule has 3 amide bonds. The number of aliphatic carboxylic acids is 2. The molecule has 1 aromatic heterocycles. The lowest BCUT2D eigenvalue weighted by Gasteiger charge is -2.14. The third-order valence-corrected chi connectivity index (χ3v) is 3.60. The number of carboxylic acid groups (broad SMARTS) is 2. The minimum atomic E-state index is -1.31. The van der Waals surface area contributed by atoms with Gasteiger partial charge in [-0.05, 0) is 31.7 Å². The summed E-state index contributed by atoms with van der Waals surface area (Å²) in [6, 6.07) is -0.762. The number of carbonyl (C=O) groups is 4. The molecule has 0 bridgehead atoms. The molecular formula is C16H22FN5O6. The highest BCUT2D eigenvalue weighted by Gasteiger charge is 2.20. The summed E-state index contributed by atoms with van der Waals surface area (Å²) in [6.07, 6.45) is 2.44. The second-order valence-electron chi connectivity index (χ2n) is 5.78. The summed E-state index contributed by atoms with van der Waals surface area (Å²) >= 11 is 0. The Morgan fingerprint density at radius 3 is 2.36 bits per heavy atom. The van der Waals surface area contributed by atoms with Gasteiger partial charge in [-0.1, -0.05) is 0 Å². The number of hydrogen-bond acceptors (Lipinski definition) is 6. The number of halogens is 1. The SMILES string of the molecule is O=C(O)CC[C@H](NC(=O)NCCCCCNC(=O)c1ccnnc1[18F])C(=O)O. The Bertz CT molecular complexity index is 702. The first-order valence-corrected chi connectivity index (χ1v) is 8.55. The summed E-state index contributed by atoms with van der Waals surface area (Å²) in [5, 5.41) is 31.2. The fraction of sp³-hybridized carbons (Fsp3) is 0.500. The topological polar surface area (TPSA) is 171 Å². The molecule has 0 aliphatic carbocycles. The average Bonchev–Trinajstić information content (AvgIpc) is 2.64. The molecule has 0 spiro atoms. The average molecular weight is 398 g/mol. The van der Waals surface area contributed by atoms with Crippen LogP contribution in [0.25, 0.3) is 0 Å². The number of rotatable bonds is 12. The maximum atomic E-state index is 13.3. The summed E-state index contributed by atoms with van der Waals surface area (Å²) in [5.41, 5.74) is -0.191. The van der Waals surface area contributed by atoms with Gasteiger partial charge in [0.1, 0.15) is 6.04 Å². The first kappa shape index (κ1) is 22.7. The molecule has 1 atom stereocenters. The molecule has 0 radical (unpaired) electrons. The van der Waals surface area contributed by atoms with Crippen LogP contribution in [0.2, 0.25) is 0 Å². The summed E-state index contributed by atoms with van der Waals surface area (Å²) < 4.78 is 13.3. The van der Waals surface area contributed by atoms with Crippen LogP contribution in [0.3, 0.4) is 0 Å². The number of nitrogens with one attached hydrogen (secondary N) is 3.